The summed E-state index contributed by atoms with van der Waals surface area (Å²) in [5.74, 6) is 2.80. The molecule has 1 aromatic carbocycles. The maximum Gasteiger partial charge on any atom is 0.387 e. The second kappa shape index (κ2) is 7.67. The molecule has 26 heavy (non-hydrogen) atoms. The summed E-state index contributed by atoms with van der Waals surface area (Å²) in [6.07, 6.45) is 2.01. The fraction of sp³-hybridized carbons (Fsp3) is 0.556. The Labute approximate surface area is 151 Å². The van der Waals surface area contributed by atoms with Crippen LogP contribution in [0.4, 0.5) is 8.78 Å². The highest BCUT2D eigenvalue weighted by molar-refractivity contribution is 5.33. The third-order valence-corrected chi connectivity index (χ3v) is 5.19. The predicted octanol–water partition coefficient (Wildman–Crippen LogP) is 2.36. The third kappa shape index (κ3) is 3.71. The minimum Gasteiger partial charge on any atom is -0.434 e. The number of ether oxygens (including phenoxy) is 1. The molecule has 2 aliphatic rings. The van der Waals surface area contributed by atoms with Crippen LogP contribution in [0.15, 0.2) is 24.3 Å². The van der Waals surface area contributed by atoms with E-state index in [4.69, 9.17) is 0 Å². The van der Waals surface area contributed by atoms with Gasteiger partial charge in [-0.15, -0.1) is 10.2 Å². The number of piperidine rings is 1. The van der Waals surface area contributed by atoms with Gasteiger partial charge < -0.3 is 14.6 Å². The number of aromatic nitrogens is 3. The van der Waals surface area contributed by atoms with Crippen molar-refractivity contribution < 1.29 is 13.5 Å². The number of fused-ring (bicyclic) bond motifs is 1. The number of nitrogens with one attached hydrogen (secondary N) is 1. The average molecular weight is 363 g/mol. The molecule has 1 aromatic heterocycles. The first-order chi connectivity index (χ1) is 12.7. The molecule has 1 fully saturated rings. The number of benzene rings is 1. The molecule has 6 nitrogen and oxygen atoms in total. The van der Waals surface area contributed by atoms with Crippen LogP contribution in [0.1, 0.15) is 36.0 Å². The lowest BCUT2D eigenvalue weighted by Crippen LogP contribution is -2.34. The van der Waals surface area contributed by atoms with E-state index in [0.29, 0.717) is 12.5 Å². The summed E-state index contributed by atoms with van der Waals surface area (Å²) in [6.45, 7) is 2.32. The number of rotatable bonds is 5. The van der Waals surface area contributed by atoms with Crippen molar-refractivity contribution in [3.63, 3.8) is 0 Å². The molecule has 140 valence electrons. The van der Waals surface area contributed by atoms with Crippen molar-refractivity contribution in [2.45, 2.75) is 45.0 Å². The van der Waals surface area contributed by atoms with Gasteiger partial charge >= 0.3 is 6.61 Å². The molecule has 0 unspecified atom stereocenters. The topological polar surface area (TPSA) is 55.2 Å². The summed E-state index contributed by atoms with van der Waals surface area (Å²) in [4.78, 5) is 2.29. The Kier molecular flexibility index (Phi) is 5.12. The number of hydrogen-bond donors (Lipinski definition) is 1. The number of likely N-dealkylation sites (tertiary alicyclic amines) is 1. The zero-order chi connectivity index (χ0) is 17.9. The standard InChI is InChI=1S/C18H23F2N5O/c19-18(20)26-15-4-2-1-3-14(15)12-24-8-5-13(6-9-24)17-23-22-16-11-21-7-10-25(16)17/h1-4,13,18,21H,5-12H2. The molecule has 3 heterocycles. The number of hydrogen-bond acceptors (Lipinski definition) is 5. The summed E-state index contributed by atoms with van der Waals surface area (Å²) in [7, 11) is 0. The van der Waals surface area contributed by atoms with Crippen molar-refractivity contribution in [2.75, 3.05) is 19.6 Å². The maximum absolute atomic E-state index is 12.6. The Bertz CT molecular complexity index is 743. The van der Waals surface area contributed by atoms with Crippen LogP contribution >= 0.6 is 0 Å². The van der Waals surface area contributed by atoms with E-state index in [-0.39, 0.29) is 5.75 Å². The van der Waals surface area contributed by atoms with Crippen LogP contribution in [0.5, 0.6) is 5.75 Å². The van der Waals surface area contributed by atoms with Gasteiger partial charge in [0.1, 0.15) is 17.4 Å². The molecular formula is C18H23F2N5O. The van der Waals surface area contributed by atoms with Crippen LogP contribution in [0.3, 0.4) is 0 Å². The molecular weight excluding hydrogens is 340 g/mol. The molecule has 0 spiro atoms. The lowest BCUT2D eigenvalue weighted by molar-refractivity contribution is -0.0508. The van der Waals surface area contributed by atoms with Gasteiger partial charge in [-0.25, -0.2) is 0 Å². The van der Waals surface area contributed by atoms with Crippen LogP contribution in [0.2, 0.25) is 0 Å². The molecule has 0 bridgehead atoms. The van der Waals surface area contributed by atoms with Crippen molar-refractivity contribution in [2.24, 2.45) is 0 Å². The smallest absolute Gasteiger partial charge is 0.387 e. The Balaban J connectivity index is 1.38. The van der Waals surface area contributed by atoms with E-state index in [1.807, 2.05) is 12.1 Å². The molecule has 2 aromatic rings. The minimum absolute atomic E-state index is 0.267. The largest absolute Gasteiger partial charge is 0.434 e. The SMILES string of the molecule is FC(F)Oc1ccccc1CN1CCC(c2nnc3n2CCNC3)CC1. The maximum atomic E-state index is 12.6. The van der Waals surface area contributed by atoms with Gasteiger partial charge in [-0.05, 0) is 32.0 Å². The van der Waals surface area contributed by atoms with Crippen LogP contribution in [0.25, 0.3) is 0 Å². The fourth-order valence-electron chi connectivity index (χ4n) is 3.85. The van der Waals surface area contributed by atoms with Gasteiger partial charge in [-0.1, -0.05) is 18.2 Å². The summed E-state index contributed by atoms with van der Waals surface area (Å²) >= 11 is 0. The zero-order valence-electron chi connectivity index (χ0n) is 14.6. The highest BCUT2D eigenvalue weighted by Crippen LogP contribution is 2.30. The molecule has 1 saturated heterocycles. The van der Waals surface area contributed by atoms with Crippen molar-refractivity contribution in [1.82, 2.24) is 25.0 Å². The van der Waals surface area contributed by atoms with Gasteiger partial charge in [0.2, 0.25) is 0 Å². The minimum atomic E-state index is -2.80. The molecule has 0 aliphatic carbocycles. The predicted molar refractivity (Wildman–Crippen MR) is 92.1 cm³/mol. The number of halogens is 2. The van der Waals surface area contributed by atoms with Crippen LogP contribution in [0, 0.1) is 0 Å². The van der Waals surface area contributed by atoms with Crippen LogP contribution < -0.4 is 10.1 Å². The van der Waals surface area contributed by atoms with E-state index in [1.165, 1.54) is 0 Å². The van der Waals surface area contributed by atoms with Crippen molar-refractivity contribution in [3.8, 4) is 5.75 Å². The second-order valence-corrected chi connectivity index (χ2v) is 6.84. The Morgan fingerprint density at radius 1 is 1.15 bits per heavy atom. The molecule has 0 amide bonds. The Morgan fingerprint density at radius 2 is 1.96 bits per heavy atom. The molecule has 1 N–H and O–H groups in total. The number of para-hydroxylation sites is 1. The van der Waals surface area contributed by atoms with Gasteiger partial charge in [0.05, 0.1) is 6.54 Å². The van der Waals surface area contributed by atoms with E-state index in [0.717, 1.165) is 62.8 Å². The van der Waals surface area contributed by atoms with E-state index >= 15 is 0 Å². The first-order valence-corrected chi connectivity index (χ1v) is 9.08. The normalized spacial score (nSPS) is 18.9. The average Bonchev–Trinajstić information content (AvgIpc) is 3.08. The third-order valence-electron chi connectivity index (χ3n) is 5.19. The van der Waals surface area contributed by atoms with Gasteiger partial charge in [-0.2, -0.15) is 8.78 Å². The highest BCUT2D eigenvalue weighted by atomic mass is 19.3. The number of nitrogens with zero attached hydrogens (tertiary/aromatic N) is 4. The second-order valence-electron chi connectivity index (χ2n) is 6.84. The van der Waals surface area contributed by atoms with Gasteiger partial charge in [-0.3, -0.25) is 4.90 Å². The summed E-state index contributed by atoms with van der Waals surface area (Å²) in [5, 5.41) is 12.0. The summed E-state index contributed by atoms with van der Waals surface area (Å²) < 4.78 is 32.0. The molecule has 4 rings (SSSR count). The summed E-state index contributed by atoms with van der Waals surface area (Å²) in [6, 6.07) is 7.03. The van der Waals surface area contributed by atoms with Crippen molar-refractivity contribution in [1.29, 1.82) is 0 Å². The van der Waals surface area contributed by atoms with Crippen LogP contribution in [-0.2, 0) is 19.6 Å². The fourth-order valence-corrected chi connectivity index (χ4v) is 3.85. The lowest BCUT2D eigenvalue weighted by Gasteiger charge is -2.32. The number of alkyl halides is 2. The van der Waals surface area contributed by atoms with Crippen LogP contribution in [-0.4, -0.2) is 45.9 Å². The molecule has 2 aliphatic heterocycles. The quantitative estimate of drug-likeness (QED) is 0.884. The Morgan fingerprint density at radius 3 is 2.77 bits per heavy atom. The molecule has 0 saturated carbocycles. The van der Waals surface area contributed by atoms with Gasteiger partial charge in [0.25, 0.3) is 0 Å². The first-order valence-electron chi connectivity index (χ1n) is 9.08. The van der Waals surface area contributed by atoms with E-state index < -0.39 is 6.61 Å². The Hall–Kier alpha value is -2.06. The molecule has 0 atom stereocenters. The molecule has 0 radical (unpaired) electrons. The van der Waals surface area contributed by atoms with E-state index in [1.54, 1.807) is 12.1 Å². The van der Waals surface area contributed by atoms with Crippen molar-refractivity contribution in [3.05, 3.63) is 41.5 Å². The van der Waals surface area contributed by atoms with E-state index in [2.05, 4.69) is 29.7 Å². The summed E-state index contributed by atoms with van der Waals surface area (Å²) in [5.41, 5.74) is 0.803. The van der Waals surface area contributed by atoms with Crippen molar-refractivity contribution >= 4 is 0 Å². The van der Waals surface area contributed by atoms with Gasteiger partial charge in [0.15, 0.2) is 0 Å². The highest BCUT2D eigenvalue weighted by Gasteiger charge is 2.27. The van der Waals surface area contributed by atoms with Gasteiger partial charge in [0, 0.05) is 31.1 Å². The zero-order valence-corrected chi connectivity index (χ0v) is 14.6. The molecule has 8 heteroatoms. The lowest BCUT2D eigenvalue weighted by atomic mass is 9.95. The first kappa shape index (κ1) is 17.4. The monoisotopic (exact) mass is 363 g/mol. The van der Waals surface area contributed by atoms with E-state index in [9.17, 15) is 8.78 Å².